The second-order valence-corrected chi connectivity index (χ2v) is 6.15. The molecule has 0 aliphatic carbocycles. The molecule has 1 aliphatic rings. The zero-order chi connectivity index (χ0) is 14.5. The lowest BCUT2D eigenvalue weighted by Gasteiger charge is -2.33. The Bertz CT molecular complexity index is 425. The molecule has 2 N–H and O–H groups in total. The molecule has 1 aromatic rings. The average Bonchev–Trinajstić information content (AvgIpc) is 2.44. The average molecular weight is 276 g/mol. The molecule has 1 fully saturated rings. The summed E-state index contributed by atoms with van der Waals surface area (Å²) < 4.78 is 5.25. The first kappa shape index (κ1) is 15.5. The van der Waals surface area contributed by atoms with Crippen LogP contribution in [0.15, 0.2) is 18.2 Å². The third-order valence-electron chi connectivity index (χ3n) is 4.52. The van der Waals surface area contributed by atoms with Crippen molar-refractivity contribution in [2.75, 3.05) is 33.4 Å². The molecule has 0 spiro atoms. The summed E-state index contributed by atoms with van der Waals surface area (Å²) in [6.07, 6.45) is 2.46. The number of hydrogen-bond acceptors (Lipinski definition) is 3. The van der Waals surface area contributed by atoms with Gasteiger partial charge in [0.1, 0.15) is 0 Å². The van der Waals surface area contributed by atoms with E-state index in [2.05, 4.69) is 36.9 Å². The van der Waals surface area contributed by atoms with Crippen LogP contribution in [0.1, 0.15) is 35.6 Å². The van der Waals surface area contributed by atoms with Gasteiger partial charge in [0.05, 0.1) is 0 Å². The molecular formula is C17H28N2O. The number of benzene rings is 1. The Morgan fingerprint density at radius 1 is 1.25 bits per heavy atom. The number of piperidine rings is 1. The Labute approximate surface area is 123 Å². The smallest absolute Gasteiger partial charge is 0.0491 e. The van der Waals surface area contributed by atoms with Crippen LogP contribution in [-0.4, -0.2) is 38.3 Å². The van der Waals surface area contributed by atoms with Gasteiger partial charge in [-0.1, -0.05) is 18.2 Å². The molecule has 0 aromatic heterocycles. The van der Waals surface area contributed by atoms with Gasteiger partial charge in [0.15, 0.2) is 0 Å². The molecule has 1 saturated heterocycles. The van der Waals surface area contributed by atoms with Crippen LogP contribution in [0.25, 0.3) is 0 Å². The van der Waals surface area contributed by atoms with Crippen LogP contribution in [0.4, 0.5) is 0 Å². The Hall–Kier alpha value is -0.900. The van der Waals surface area contributed by atoms with Crippen molar-refractivity contribution in [2.24, 2.45) is 11.7 Å². The quantitative estimate of drug-likeness (QED) is 0.898. The number of likely N-dealkylation sites (tertiary alicyclic amines) is 1. The molecule has 2 rings (SSSR count). The van der Waals surface area contributed by atoms with E-state index in [1.54, 1.807) is 7.11 Å². The fourth-order valence-electron chi connectivity index (χ4n) is 2.95. The van der Waals surface area contributed by atoms with Crippen LogP contribution in [0.3, 0.4) is 0 Å². The van der Waals surface area contributed by atoms with Gasteiger partial charge in [-0.3, -0.25) is 0 Å². The third kappa shape index (κ3) is 4.05. The van der Waals surface area contributed by atoms with Gasteiger partial charge in [0, 0.05) is 26.3 Å². The van der Waals surface area contributed by atoms with Crippen molar-refractivity contribution in [2.45, 2.75) is 32.7 Å². The third-order valence-corrected chi connectivity index (χ3v) is 4.52. The van der Waals surface area contributed by atoms with Crippen LogP contribution in [0.5, 0.6) is 0 Å². The minimum Gasteiger partial charge on any atom is -0.384 e. The summed E-state index contributed by atoms with van der Waals surface area (Å²) >= 11 is 0. The van der Waals surface area contributed by atoms with Gasteiger partial charge in [-0.05, 0) is 62.4 Å². The molecule has 1 unspecified atom stereocenters. The number of rotatable bonds is 5. The van der Waals surface area contributed by atoms with Gasteiger partial charge in [-0.25, -0.2) is 0 Å². The molecule has 1 atom stereocenters. The number of ether oxygens (including phenoxy) is 1. The largest absolute Gasteiger partial charge is 0.384 e. The van der Waals surface area contributed by atoms with E-state index in [0.29, 0.717) is 0 Å². The lowest BCUT2D eigenvalue weighted by molar-refractivity contribution is 0.0971. The van der Waals surface area contributed by atoms with E-state index in [-0.39, 0.29) is 6.04 Å². The van der Waals surface area contributed by atoms with Crippen LogP contribution < -0.4 is 5.73 Å². The first-order valence-corrected chi connectivity index (χ1v) is 7.64. The van der Waals surface area contributed by atoms with Crippen LogP contribution in [-0.2, 0) is 4.74 Å². The minimum atomic E-state index is 0.119. The minimum absolute atomic E-state index is 0.119. The van der Waals surface area contributed by atoms with Gasteiger partial charge >= 0.3 is 0 Å². The van der Waals surface area contributed by atoms with E-state index in [9.17, 15) is 0 Å². The monoisotopic (exact) mass is 276 g/mol. The maximum Gasteiger partial charge on any atom is 0.0491 e. The normalized spacial score (nSPS) is 19.2. The van der Waals surface area contributed by atoms with Crippen molar-refractivity contribution in [1.29, 1.82) is 0 Å². The van der Waals surface area contributed by atoms with E-state index < -0.39 is 0 Å². The van der Waals surface area contributed by atoms with E-state index in [1.165, 1.54) is 29.5 Å². The van der Waals surface area contributed by atoms with Crippen molar-refractivity contribution in [3.05, 3.63) is 34.9 Å². The van der Waals surface area contributed by atoms with Crippen molar-refractivity contribution >= 4 is 0 Å². The molecule has 0 radical (unpaired) electrons. The van der Waals surface area contributed by atoms with Gasteiger partial charge in [0.25, 0.3) is 0 Å². The summed E-state index contributed by atoms with van der Waals surface area (Å²) in [6.45, 7) is 8.45. The SMILES string of the molecule is COCC1CCN(CC(N)c2ccc(C)c(C)c2)CC1. The predicted octanol–water partition coefficient (Wildman–Crippen LogP) is 2.66. The zero-order valence-electron chi connectivity index (χ0n) is 13.1. The van der Waals surface area contributed by atoms with Crippen molar-refractivity contribution in [3.8, 4) is 0 Å². The van der Waals surface area contributed by atoms with E-state index in [1.807, 2.05) is 0 Å². The fraction of sp³-hybridized carbons (Fsp3) is 0.647. The first-order valence-electron chi connectivity index (χ1n) is 7.64. The van der Waals surface area contributed by atoms with Crippen molar-refractivity contribution in [1.82, 2.24) is 4.90 Å². The van der Waals surface area contributed by atoms with Crippen molar-refractivity contribution in [3.63, 3.8) is 0 Å². The summed E-state index contributed by atoms with van der Waals surface area (Å²) in [5.41, 5.74) is 10.3. The topological polar surface area (TPSA) is 38.5 Å². The van der Waals surface area contributed by atoms with Crippen molar-refractivity contribution < 1.29 is 4.74 Å². The lowest BCUT2D eigenvalue weighted by Crippen LogP contribution is -2.39. The number of nitrogens with zero attached hydrogens (tertiary/aromatic N) is 1. The lowest BCUT2D eigenvalue weighted by atomic mass is 9.96. The highest BCUT2D eigenvalue weighted by Gasteiger charge is 2.21. The number of methoxy groups -OCH3 is 1. The Morgan fingerprint density at radius 3 is 2.55 bits per heavy atom. The molecule has 1 heterocycles. The standard InChI is InChI=1S/C17H28N2O/c1-13-4-5-16(10-14(13)2)17(18)11-19-8-6-15(7-9-19)12-20-3/h4-5,10,15,17H,6-9,11-12,18H2,1-3H3. The second-order valence-electron chi connectivity index (χ2n) is 6.15. The predicted molar refractivity (Wildman–Crippen MR) is 83.9 cm³/mol. The molecular weight excluding hydrogens is 248 g/mol. The van der Waals surface area contributed by atoms with E-state index >= 15 is 0 Å². The highest BCUT2D eigenvalue weighted by molar-refractivity contribution is 5.31. The van der Waals surface area contributed by atoms with Gasteiger partial charge in [-0.15, -0.1) is 0 Å². The second kappa shape index (κ2) is 7.21. The van der Waals surface area contributed by atoms with Gasteiger partial charge in [-0.2, -0.15) is 0 Å². The van der Waals surface area contributed by atoms with Crippen LogP contribution in [0, 0.1) is 19.8 Å². The highest BCUT2D eigenvalue weighted by Crippen LogP contribution is 2.21. The van der Waals surface area contributed by atoms with E-state index in [4.69, 9.17) is 10.5 Å². The molecule has 20 heavy (non-hydrogen) atoms. The van der Waals surface area contributed by atoms with Gasteiger partial charge < -0.3 is 15.4 Å². The first-order chi connectivity index (χ1) is 9.60. The molecule has 1 aliphatic heterocycles. The van der Waals surface area contributed by atoms with E-state index in [0.717, 1.165) is 32.2 Å². The fourth-order valence-corrected chi connectivity index (χ4v) is 2.95. The Kier molecular flexibility index (Phi) is 5.58. The van der Waals surface area contributed by atoms with Gasteiger partial charge in [0.2, 0.25) is 0 Å². The molecule has 0 amide bonds. The highest BCUT2D eigenvalue weighted by atomic mass is 16.5. The number of aryl methyl sites for hydroxylation is 2. The Balaban J connectivity index is 1.85. The molecule has 1 aromatic carbocycles. The number of nitrogens with two attached hydrogens (primary N) is 1. The summed E-state index contributed by atoms with van der Waals surface area (Å²) in [5, 5.41) is 0. The maximum atomic E-state index is 6.37. The summed E-state index contributed by atoms with van der Waals surface area (Å²) in [6, 6.07) is 6.70. The maximum absolute atomic E-state index is 6.37. The summed E-state index contributed by atoms with van der Waals surface area (Å²) in [4.78, 5) is 2.49. The molecule has 112 valence electrons. The Morgan fingerprint density at radius 2 is 1.95 bits per heavy atom. The zero-order valence-corrected chi connectivity index (χ0v) is 13.1. The summed E-state index contributed by atoms with van der Waals surface area (Å²) in [5.74, 6) is 0.731. The molecule has 3 heteroatoms. The van der Waals surface area contributed by atoms with Crippen LogP contribution in [0.2, 0.25) is 0 Å². The molecule has 3 nitrogen and oxygen atoms in total. The number of hydrogen-bond donors (Lipinski definition) is 1. The summed E-state index contributed by atoms with van der Waals surface area (Å²) in [7, 11) is 1.79. The van der Waals surface area contributed by atoms with Crippen LogP contribution >= 0.6 is 0 Å². The molecule has 0 saturated carbocycles. The molecule has 0 bridgehead atoms.